The van der Waals surface area contributed by atoms with Gasteiger partial charge in [0, 0.05) is 17.9 Å². The van der Waals surface area contributed by atoms with Crippen molar-refractivity contribution in [2.75, 3.05) is 19.4 Å². The highest BCUT2D eigenvalue weighted by atomic mass is 32.2. The summed E-state index contributed by atoms with van der Waals surface area (Å²) in [7, 11) is -4.16. The Bertz CT molecular complexity index is 666. The summed E-state index contributed by atoms with van der Waals surface area (Å²) in [4.78, 5) is -0.710. The van der Waals surface area contributed by atoms with Crippen LogP contribution in [0.2, 0.25) is 0 Å². The average molecular weight is 335 g/mol. The van der Waals surface area contributed by atoms with Gasteiger partial charge in [0.25, 0.3) is 0 Å². The molecule has 0 saturated carbocycles. The number of benzene rings is 1. The van der Waals surface area contributed by atoms with Gasteiger partial charge >= 0.3 is 0 Å². The first kappa shape index (κ1) is 17.9. The molecule has 1 atom stereocenters. The van der Waals surface area contributed by atoms with Crippen LogP contribution in [0.5, 0.6) is 0 Å². The van der Waals surface area contributed by atoms with E-state index in [0.29, 0.717) is 6.07 Å². The molecule has 4 nitrogen and oxygen atoms in total. The van der Waals surface area contributed by atoms with Crippen molar-refractivity contribution in [3.63, 3.8) is 0 Å². The first-order valence-electron chi connectivity index (χ1n) is 5.93. The monoisotopic (exact) mass is 335 g/mol. The van der Waals surface area contributed by atoms with Gasteiger partial charge in [-0.1, -0.05) is 18.8 Å². The van der Waals surface area contributed by atoms with Crippen LogP contribution in [0, 0.1) is 23.5 Å². The van der Waals surface area contributed by atoms with Gasteiger partial charge in [-0.25, -0.2) is 21.9 Å². The van der Waals surface area contributed by atoms with E-state index in [1.165, 1.54) is 11.8 Å². The molecule has 21 heavy (non-hydrogen) atoms. The maximum atomic E-state index is 13.8. The molecule has 0 fully saturated rings. The minimum Gasteiger partial charge on any atom is -0.384 e. The molecular weight excluding hydrogens is 320 g/mol. The van der Waals surface area contributed by atoms with Gasteiger partial charge in [-0.3, -0.25) is 0 Å². The fourth-order valence-corrected chi connectivity index (χ4v) is 3.13. The van der Waals surface area contributed by atoms with Crippen molar-refractivity contribution < 1.29 is 22.3 Å². The van der Waals surface area contributed by atoms with Crippen molar-refractivity contribution in [1.29, 1.82) is 0 Å². The maximum absolute atomic E-state index is 13.8. The molecule has 0 aromatic heterocycles. The van der Waals surface area contributed by atoms with Crippen molar-refractivity contribution in [3.8, 4) is 11.8 Å². The molecule has 0 aliphatic rings. The molecule has 0 amide bonds. The lowest BCUT2D eigenvalue weighted by atomic mass is 10.2. The standard InChI is InChI=1S/C13H15F2NO3S2/c1-9(20-2)8-16-21(18,19)13-10(4-3-5-17)6-11(14)7-12(13)15/h6-7,9,16-17H,5,8H2,1-2H3. The zero-order valence-corrected chi connectivity index (χ0v) is 13.1. The lowest BCUT2D eigenvalue weighted by Crippen LogP contribution is -2.30. The van der Waals surface area contributed by atoms with Gasteiger partial charge in [0.05, 0.1) is 5.56 Å². The second-order valence-electron chi connectivity index (χ2n) is 4.12. The van der Waals surface area contributed by atoms with E-state index in [9.17, 15) is 17.2 Å². The second kappa shape index (κ2) is 7.75. The molecule has 0 heterocycles. The molecule has 0 saturated heterocycles. The Morgan fingerprint density at radius 3 is 2.67 bits per heavy atom. The van der Waals surface area contributed by atoms with Crippen molar-refractivity contribution in [2.45, 2.75) is 17.1 Å². The molecule has 0 aliphatic heterocycles. The van der Waals surface area contributed by atoms with Crippen LogP contribution >= 0.6 is 11.8 Å². The predicted molar refractivity (Wildman–Crippen MR) is 78.5 cm³/mol. The number of aliphatic hydroxyl groups excluding tert-OH is 1. The molecule has 0 spiro atoms. The van der Waals surface area contributed by atoms with E-state index in [-0.39, 0.29) is 17.4 Å². The van der Waals surface area contributed by atoms with Gasteiger partial charge in [-0.2, -0.15) is 11.8 Å². The molecule has 8 heteroatoms. The van der Waals surface area contributed by atoms with Crippen molar-refractivity contribution in [1.82, 2.24) is 4.72 Å². The number of rotatable bonds is 5. The lowest BCUT2D eigenvalue weighted by Gasteiger charge is -2.12. The number of aliphatic hydroxyl groups is 1. The molecule has 1 aromatic carbocycles. The normalized spacial score (nSPS) is 12.6. The van der Waals surface area contributed by atoms with E-state index in [4.69, 9.17) is 5.11 Å². The Balaban J connectivity index is 3.27. The summed E-state index contributed by atoms with van der Waals surface area (Å²) in [5, 5.41) is 8.63. The summed E-state index contributed by atoms with van der Waals surface area (Å²) in [6, 6.07) is 1.30. The second-order valence-corrected chi connectivity index (χ2v) is 7.10. The van der Waals surface area contributed by atoms with E-state index in [1.807, 2.05) is 6.26 Å². The molecule has 1 aromatic rings. The first-order valence-corrected chi connectivity index (χ1v) is 8.70. The van der Waals surface area contributed by atoms with Crippen molar-refractivity contribution >= 4 is 21.8 Å². The SMILES string of the molecule is CSC(C)CNS(=O)(=O)c1c(F)cc(F)cc1C#CCO. The largest absolute Gasteiger partial charge is 0.384 e. The van der Waals surface area contributed by atoms with E-state index in [1.54, 1.807) is 6.92 Å². The number of sulfonamides is 1. The van der Waals surface area contributed by atoms with Crippen LogP contribution in [0.3, 0.4) is 0 Å². The van der Waals surface area contributed by atoms with Gasteiger partial charge < -0.3 is 5.11 Å². The Labute approximate surface area is 127 Å². The molecule has 1 rings (SSSR count). The van der Waals surface area contributed by atoms with E-state index >= 15 is 0 Å². The highest BCUT2D eigenvalue weighted by molar-refractivity contribution is 7.99. The predicted octanol–water partition coefficient (Wildman–Crippen LogP) is 1.34. The molecule has 0 bridgehead atoms. The Morgan fingerprint density at radius 1 is 1.43 bits per heavy atom. The number of hydrogen-bond donors (Lipinski definition) is 2. The van der Waals surface area contributed by atoms with Crippen LogP contribution in [0.1, 0.15) is 12.5 Å². The van der Waals surface area contributed by atoms with E-state index < -0.39 is 33.2 Å². The van der Waals surface area contributed by atoms with Crippen LogP contribution in [0.25, 0.3) is 0 Å². The van der Waals surface area contributed by atoms with Crippen molar-refractivity contribution in [3.05, 3.63) is 29.3 Å². The molecule has 0 radical (unpaired) electrons. The third-order valence-corrected chi connectivity index (χ3v) is 5.01. The van der Waals surface area contributed by atoms with Crippen LogP contribution in [-0.2, 0) is 10.0 Å². The third kappa shape index (κ3) is 4.97. The summed E-state index contributed by atoms with van der Waals surface area (Å²) >= 11 is 1.44. The van der Waals surface area contributed by atoms with Crippen LogP contribution in [0.4, 0.5) is 8.78 Å². The Kier molecular flexibility index (Phi) is 6.61. The minimum atomic E-state index is -4.16. The summed E-state index contributed by atoms with van der Waals surface area (Å²) in [6.45, 7) is 1.36. The molecule has 0 aliphatic carbocycles. The van der Waals surface area contributed by atoms with Crippen LogP contribution in [-0.4, -0.2) is 38.2 Å². The Hall–Kier alpha value is -1.14. The highest BCUT2D eigenvalue weighted by Crippen LogP contribution is 2.21. The van der Waals surface area contributed by atoms with Gasteiger partial charge in [0.15, 0.2) is 0 Å². The maximum Gasteiger partial charge on any atom is 0.244 e. The number of halogens is 2. The number of nitrogens with one attached hydrogen (secondary N) is 1. The molecule has 116 valence electrons. The highest BCUT2D eigenvalue weighted by Gasteiger charge is 2.24. The van der Waals surface area contributed by atoms with Crippen LogP contribution < -0.4 is 4.72 Å². The van der Waals surface area contributed by atoms with E-state index in [0.717, 1.165) is 6.07 Å². The average Bonchev–Trinajstić information content (AvgIpc) is 2.41. The fraction of sp³-hybridized carbons (Fsp3) is 0.385. The van der Waals surface area contributed by atoms with Gasteiger partial charge in [0.2, 0.25) is 10.0 Å². The van der Waals surface area contributed by atoms with Gasteiger partial charge in [-0.15, -0.1) is 0 Å². The van der Waals surface area contributed by atoms with Crippen LogP contribution in [0.15, 0.2) is 17.0 Å². The summed E-state index contributed by atoms with van der Waals surface area (Å²) in [5.74, 6) is 2.27. The summed E-state index contributed by atoms with van der Waals surface area (Å²) < 4.78 is 53.6. The Morgan fingerprint density at radius 2 is 2.10 bits per heavy atom. The molecule has 1 unspecified atom stereocenters. The van der Waals surface area contributed by atoms with Crippen molar-refractivity contribution in [2.24, 2.45) is 0 Å². The number of hydrogen-bond acceptors (Lipinski definition) is 4. The molecular formula is C13H15F2NO3S2. The van der Waals surface area contributed by atoms with Gasteiger partial charge in [-0.05, 0) is 12.3 Å². The molecule has 2 N–H and O–H groups in total. The quantitative estimate of drug-likeness (QED) is 0.797. The third-order valence-electron chi connectivity index (χ3n) is 2.54. The topological polar surface area (TPSA) is 66.4 Å². The van der Waals surface area contributed by atoms with E-state index in [2.05, 4.69) is 16.6 Å². The lowest BCUT2D eigenvalue weighted by molar-refractivity contribution is 0.350. The first-order chi connectivity index (χ1) is 9.81. The fourth-order valence-electron chi connectivity index (χ4n) is 1.44. The summed E-state index contributed by atoms with van der Waals surface area (Å²) in [5.41, 5.74) is -0.328. The number of thioether (sulfide) groups is 1. The van der Waals surface area contributed by atoms with Gasteiger partial charge in [0.1, 0.15) is 23.1 Å². The zero-order chi connectivity index (χ0) is 16.0. The summed E-state index contributed by atoms with van der Waals surface area (Å²) in [6.07, 6.45) is 1.82. The minimum absolute atomic E-state index is 0.00439. The smallest absolute Gasteiger partial charge is 0.244 e. The zero-order valence-electron chi connectivity index (χ0n) is 11.5.